The summed E-state index contributed by atoms with van der Waals surface area (Å²) in [6.45, 7) is 6.73. The lowest BCUT2D eigenvalue weighted by atomic mass is 9.88. The lowest BCUT2D eigenvalue weighted by Gasteiger charge is -2.30. The molecule has 84 valence electrons. The third-order valence-electron chi connectivity index (χ3n) is 3.05. The first-order valence-electron chi connectivity index (χ1n) is 5.62. The van der Waals surface area contributed by atoms with Gasteiger partial charge in [-0.2, -0.15) is 11.8 Å². The van der Waals surface area contributed by atoms with Crippen molar-refractivity contribution >= 4 is 11.8 Å². The van der Waals surface area contributed by atoms with Crippen LogP contribution >= 0.6 is 11.8 Å². The quantitative estimate of drug-likeness (QED) is 0.560. The van der Waals surface area contributed by atoms with E-state index in [-0.39, 0.29) is 5.41 Å². The first-order valence-corrected chi connectivity index (χ1v) is 6.66. The Morgan fingerprint density at radius 2 is 1.93 bits per heavy atom. The van der Waals surface area contributed by atoms with E-state index in [0.717, 1.165) is 11.0 Å². The maximum absolute atomic E-state index is 5.58. The topological polar surface area (TPSA) is 38.0 Å². The van der Waals surface area contributed by atoms with Crippen LogP contribution in [0, 0.1) is 5.41 Å². The maximum Gasteiger partial charge on any atom is 0.0349 e. The van der Waals surface area contributed by atoms with Gasteiger partial charge in [-0.3, -0.25) is 11.3 Å². The highest BCUT2D eigenvalue weighted by Gasteiger charge is 2.25. The summed E-state index contributed by atoms with van der Waals surface area (Å²) in [6, 6.07) is 0.424. The molecule has 1 unspecified atom stereocenters. The first kappa shape index (κ1) is 12.3. The maximum atomic E-state index is 5.58. The van der Waals surface area contributed by atoms with Crippen LogP contribution in [0.2, 0.25) is 0 Å². The van der Waals surface area contributed by atoms with Crippen LogP contribution in [0.1, 0.15) is 46.5 Å². The van der Waals surface area contributed by atoms with Crippen LogP contribution < -0.4 is 11.3 Å². The molecule has 3 heteroatoms. The van der Waals surface area contributed by atoms with Crippen LogP contribution in [0.15, 0.2) is 0 Å². The molecule has 0 aromatic carbocycles. The summed E-state index contributed by atoms with van der Waals surface area (Å²) in [5, 5.41) is 0.896. The molecule has 0 aromatic rings. The summed E-state index contributed by atoms with van der Waals surface area (Å²) in [5.74, 6) is 6.72. The van der Waals surface area contributed by atoms with Crippen LogP contribution in [-0.4, -0.2) is 17.0 Å². The average Bonchev–Trinajstić information content (AvgIpc) is 2.55. The van der Waals surface area contributed by atoms with E-state index in [4.69, 9.17) is 5.84 Å². The molecule has 0 radical (unpaired) electrons. The van der Waals surface area contributed by atoms with Crippen molar-refractivity contribution in [3.63, 3.8) is 0 Å². The molecule has 1 aliphatic rings. The summed E-state index contributed by atoms with van der Waals surface area (Å²) >= 11 is 2.10. The molecule has 0 aliphatic heterocycles. The largest absolute Gasteiger partial charge is 0.271 e. The highest BCUT2D eigenvalue weighted by molar-refractivity contribution is 7.99. The molecule has 0 saturated heterocycles. The van der Waals surface area contributed by atoms with E-state index in [1.807, 2.05) is 0 Å². The molecule has 0 amide bonds. The van der Waals surface area contributed by atoms with Gasteiger partial charge in [-0.05, 0) is 18.3 Å². The zero-order valence-corrected chi connectivity index (χ0v) is 10.5. The van der Waals surface area contributed by atoms with Crippen molar-refractivity contribution in [3.8, 4) is 0 Å². The second kappa shape index (κ2) is 5.38. The molecule has 2 nitrogen and oxygen atoms in total. The van der Waals surface area contributed by atoms with Gasteiger partial charge in [0.25, 0.3) is 0 Å². The Kier molecular flexibility index (Phi) is 4.74. The Hall–Kier alpha value is 0.270. The van der Waals surface area contributed by atoms with Gasteiger partial charge in [-0.1, -0.05) is 33.6 Å². The molecule has 0 spiro atoms. The molecule has 1 atom stereocenters. The normalized spacial score (nSPS) is 21.4. The first-order chi connectivity index (χ1) is 6.54. The molecule has 14 heavy (non-hydrogen) atoms. The summed E-state index contributed by atoms with van der Waals surface area (Å²) in [7, 11) is 0. The molecular weight excluding hydrogens is 192 g/mol. The van der Waals surface area contributed by atoms with Gasteiger partial charge in [0.05, 0.1) is 0 Å². The predicted octanol–water partition coefficient (Wildman–Crippen LogP) is 2.54. The number of thioether (sulfide) groups is 1. The van der Waals surface area contributed by atoms with Gasteiger partial charge in [-0.25, -0.2) is 0 Å². The van der Waals surface area contributed by atoms with Crippen molar-refractivity contribution in [3.05, 3.63) is 0 Å². The van der Waals surface area contributed by atoms with E-state index >= 15 is 0 Å². The van der Waals surface area contributed by atoms with Crippen molar-refractivity contribution < 1.29 is 0 Å². The highest BCUT2D eigenvalue weighted by atomic mass is 32.2. The molecule has 1 aliphatic carbocycles. The SMILES string of the molecule is CC(C)(C)C(CSC1CCCC1)NN. The Morgan fingerprint density at radius 3 is 2.36 bits per heavy atom. The number of hydrogen-bond donors (Lipinski definition) is 2. The number of hydrogen-bond acceptors (Lipinski definition) is 3. The Labute approximate surface area is 92.4 Å². The van der Waals surface area contributed by atoms with E-state index in [1.165, 1.54) is 25.7 Å². The van der Waals surface area contributed by atoms with Crippen LogP contribution in [0.5, 0.6) is 0 Å². The fraction of sp³-hybridized carbons (Fsp3) is 1.00. The minimum Gasteiger partial charge on any atom is -0.271 e. The molecule has 0 bridgehead atoms. The fourth-order valence-corrected chi connectivity index (χ4v) is 3.56. The smallest absolute Gasteiger partial charge is 0.0349 e. The minimum absolute atomic E-state index is 0.264. The summed E-state index contributed by atoms with van der Waals surface area (Å²) in [4.78, 5) is 0. The van der Waals surface area contributed by atoms with Gasteiger partial charge in [0, 0.05) is 17.0 Å². The summed E-state index contributed by atoms with van der Waals surface area (Å²) < 4.78 is 0. The molecule has 0 aromatic heterocycles. The van der Waals surface area contributed by atoms with Crippen LogP contribution in [0.25, 0.3) is 0 Å². The van der Waals surface area contributed by atoms with E-state index < -0.39 is 0 Å². The van der Waals surface area contributed by atoms with Gasteiger partial charge in [0.15, 0.2) is 0 Å². The second-order valence-corrected chi connectivity index (χ2v) is 6.66. The molecule has 3 N–H and O–H groups in total. The van der Waals surface area contributed by atoms with E-state index in [1.54, 1.807) is 0 Å². The fourth-order valence-electron chi connectivity index (χ4n) is 1.84. The van der Waals surface area contributed by atoms with Gasteiger partial charge >= 0.3 is 0 Å². The Balaban J connectivity index is 2.26. The third-order valence-corrected chi connectivity index (χ3v) is 4.52. The standard InChI is InChI=1S/C11H24N2S/c1-11(2,3)10(13-12)8-14-9-6-4-5-7-9/h9-10,13H,4-8,12H2,1-3H3. The second-order valence-electron chi connectivity index (χ2n) is 5.33. The Morgan fingerprint density at radius 1 is 1.36 bits per heavy atom. The van der Waals surface area contributed by atoms with Crippen molar-refractivity contribution in [1.29, 1.82) is 0 Å². The van der Waals surface area contributed by atoms with Gasteiger partial charge in [-0.15, -0.1) is 0 Å². The average molecular weight is 216 g/mol. The molecular formula is C11H24N2S. The number of nitrogens with two attached hydrogens (primary N) is 1. The van der Waals surface area contributed by atoms with E-state index in [2.05, 4.69) is 38.0 Å². The zero-order valence-electron chi connectivity index (χ0n) is 9.68. The highest BCUT2D eigenvalue weighted by Crippen LogP contribution is 2.32. The number of hydrazine groups is 1. The van der Waals surface area contributed by atoms with Gasteiger partial charge in [0.1, 0.15) is 0 Å². The number of nitrogens with one attached hydrogen (secondary N) is 1. The molecule has 1 fully saturated rings. The minimum atomic E-state index is 0.264. The Bertz CT molecular complexity index is 159. The third kappa shape index (κ3) is 3.79. The summed E-state index contributed by atoms with van der Waals surface area (Å²) in [5.41, 5.74) is 3.21. The van der Waals surface area contributed by atoms with Gasteiger partial charge in [0.2, 0.25) is 0 Å². The summed E-state index contributed by atoms with van der Waals surface area (Å²) in [6.07, 6.45) is 5.67. The van der Waals surface area contributed by atoms with Crippen LogP contribution in [0.4, 0.5) is 0 Å². The van der Waals surface area contributed by atoms with E-state index in [0.29, 0.717) is 6.04 Å². The van der Waals surface area contributed by atoms with Crippen molar-refractivity contribution in [1.82, 2.24) is 5.43 Å². The zero-order chi connectivity index (χ0) is 10.6. The van der Waals surface area contributed by atoms with Crippen molar-refractivity contribution in [2.45, 2.75) is 57.7 Å². The lowest BCUT2D eigenvalue weighted by molar-refractivity contribution is 0.294. The van der Waals surface area contributed by atoms with Gasteiger partial charge < -0.3 is 0 Å². The monoisotopic (exact) mass is 216 g/mol. The van der Waals surface area contributed by atoms with Crippen molar-refractivity contribution in [2.24, 2.45) is 11.3 Å². The molecule has 1 rings (SSSR count). The number of rotatable bonds is 4. The van der Waals surface area contributed by atoms with Crippen LogP contribution in [-0.2, 0) is 0 Å². The molecule has 1 saturated carbocycles. The lowest BCUT2D eigenvalue weighted by Crippen LogP contribution is -2.46. The van der Waals surface area contributed by atoms with E-state index in [9.17, 15) is 0 Å². The predicted molar refractivity (Wildman–Crippen MR) is 65.3 cm³/mol. The van der Waals surface area contributed by atoms with Crippen LogP contribution in [0.3, 0.4) is 0 Å². The van der Waals surface area contributed by atoms with Crippen molar-refractivity contribution in [2.75, 3.05) is 5.75 Å². The molecule has 0 heterocycles.